The summed E-state index contributed by atoms with van der Waals surface area (Å²) in [4.78, 5) is 28.3. The van der Waals surface area contributed by atoms with Crippen LogP contribution in [0.15, 0.2) is 30.3 Å². The second kappa shape index (κ2) is 7.39. The summed E-state index contributed by atoms with van der Waals surface area (Å²) < 4.78 is 5.40. The molecule has 1 aliphatic heterocycles. The average Bonchev–Trinajstić information content (AvgIpc) is 2.54. The Hall–Kier alpha value is -1.88. The molecule has 2 rings (SSSR count). The molecule has 1 heterocycles. The lowest BCUT2D eigenvalue weighted by Crippen LogP contribution is -2.71. The quantitative estimate of drug-likeness (QED) is 0.818. The maximum absolute atomic E-state index is 13.0. The number of hydrogen-bond acceptors (Lipinski definition) is 4. The van der Waals surface area contributed by atoms with E-state index in [4.69, 9.17) is 4.74 Å². The molecule has 0 radical (unpaired) electrons. The highest BCUT2D eigenvalue weighted by molar-refractivity contribution is 5.98. The molecule has 0 aliphatic carbocycles. The third-order valence-corrected chi connectivity index (χ3v) is 5.30. The van der Waals surface area contributed by atoms with Crippen LogP contribution in [0.4, 0.5) is 0 Å². The van der Waals surface area contributed by atoms with Crippen LogP contribution in [-0.4, -0.2) is 46.5 Å². The Balaban J connectivity index is 2.43. The fraction of sp³-hybridized carbons (Fsp3) is 0.619. The van der Waals surface area contributed by atoms with Gasteiger partial charge >= 0.3 is 5.97 Å². The second-order valence-electron chi connectivity index (χ2n) is 8.35. The molecular formula is C21H32N2O3. The fourth-order valence-corrected chi connectivity index (χ4v) is 4.84. The van der Waals surface area contributed by atoms with Gasteiger partial charge in [-0.05, 0) is 66.1 Å². The molecule has 1 aromatic carbocycles. The molecule has 0 spiro atoms. The van der Waals surface area contributed by atoms with Gasteiger partial charge in [0.05, 0.1) is 6.61 Å². The SMILES string of the molecule is CCOC(=O)C1(NC(=O)c2ccccc2)CC(C)(C)N(CC)C(C)(C)C1. The highest BCUT2D eigenvalue weighted by atomic mass is 16.5. The lowest BCUT2D eigenvalue weighted by atomic mass is 9.68. The molecule has 1 aliphatic rings. The fourth-order valence-electron chi connectivity index (χ4n) is 4.84. The van der Waals surface area contributed by atoms with Gasteiger partial charge in [-0.2, -0.15) is 0 Å². The van der Waals surface area contributed by atoms with Crippen molar-refractivity contribution in [2.75, 3.05) is 13.2 Å². The van der Waals surface area contributed by atoms with Crippen molar-refractivity contribution < 1.29 is 14.3 Å². The predicted octanol–water partition coefficient (Wildman–Crippen LogP) is 3.39. The van der Waals surface area contributed by atoms with Crippen LogP contribution in [0.5, 0.6) is 0 Å². The molecule has 1 saturated heterocycles. The van der Waals surface area contributed by atoms with Gasteiger partial charge in [0.15, 0.2) is 0 Å². The van der Waals surface area contributed by atoms with Crippen LogP contribution in [0.1, 0.15) is 64.7 Å². The Morgan fingerprint density at radius 1 is 1.04 bits per heavy atom. The first-order valence-electron chi connectivity index (χ1n) is 9.40. The summed E-state index contributed by atoms with van der Waals surface area (Å²) in [6, 6.07) is 9.01. The number of nitrogens with one attached hydrogen (secondary N) is 1. The van der Waals surface area contributed by atoms with Crippen LogP contribution in [0.2, 0.25) is 0 Å². The van der Waals surface area contributed by atoms with Crippen LogP contribution in [0.25, 0.3) is 0 Å². The molecule has 5 nitrogen and oxygen atoms in total. The van der Waals surface area contributed by atoms with Crippen molar-refractivity contribution in [1.82, 2.24) is 10.2 Å². The zero-order valence-corrected chi connectivity index (χ0v) is 16.9. The Morgan fingerprint density at radius 3 is 2.04 bits per heavy atom. The number of likely N-dealkylation sites (tertiary alicyclic amines) is 1. The number of piperidine rings is 1. The van der Waals surface area contributed by atoms with E-state index in [1.54, 1.807) is 19.1 Å². The lowest BCUT2D eigenvalue weighted by Gasteiger charge is -2.58. The summed E-state index contributed by atoms with van der Waals surface area (Å²) in [7, 11) is 0. The average molecular weight is 360 g/mol. The molecule has 1 N–H and O–H groups in total. The summed E-state index contributed by atoms with van der Waals surface area (Å²) in [5.74, 6) is -0.587. The van der Waals surface area contributed by atoms with E-state index in [0.29, 0.717) is 25.0 Å². The second-order valence-corrected chi connectivity index (χ2v) is 8.35. The highest BCUT2D eigenvalue weighted by Gasteiger charge is 2.56. The molecule has 0 unspecified atom stereocenters. The number of ether oxygens (including phenoxy) is 1. The van der Waals surface area contributed by atoms with Crippen molar-refractivity contribution in [3.63, 3.8) is 0 Å². The van der Waals surface area contributed by atoms with Crippen molar-refractivity contribution in [2.24, 2.45) is 0 Å². The van der Waals surface area contributed by atoms with E-state index >= 15 is 0 Å². The van der Waals surface area contributed by atoms with E-state index in [0.717, 1.165) is 6.54 Å². The Kier molecular flexibility index (Phi) is 5.81. The van der Waals surface area contributed by atoms with E-state index in [-0.39, 0.29) is 23.0 Å². The van der Waals surface area contributed by atoms with Crippen LogP contribution >= 0.6 is 0 Å². The van der Waals surface area contributed by atoms with Gasteiger partial charge in [-0.3, -0.25) is 9.69 Å². The topological polar surface area (TPSA) is 58.6 Å². The molecule has 144 valence electrons. The zero-order valence-electron chi connectivity index (χ0n) is 16.9. The zero-order chi connectivity index (χ0) is 19.6. The van der Waals surface area contributed by atoms with Gasteiger partial charge in [-0.1, -0.05) is 25.1 Å². The van der Waals surface area contributed by atoms with E-state index in [1.807, 2.05) is 18.2 Å². The third kappa shape index (κ3) is 3.93. The smallest absolute Gasteiger partial charge is 0.331 e. The summed E-state index contributed by atoms with van der Waals surface area (Å²) >= 11 is 0. The Labute approximate surface area is 157 Å². The molecule has 0 bridgehead atoms. The van der Waals surface area contributed by atoms with Crippen molar-refractivity contribution in [2.45, 2.75) is 71.0 Å². The van der Waals surface area contributed by atoms with Gasteiger partial charge in [0.25, 0.3) is 5.91 Å². The number of rotatable bonds is 5. The number of amides is 1. The highest BCUT2D eigenvalue weighted by Crippen LogP contribution is 2.44. The maximum atomic E-state index is 13.0. The van der Waals surface area contributed by atoms with Crippen LogP contribution in [0, 0.1) is 0 Å². The molecule has 26 heavy (non-hydrogen) atoms. The van der Waals surface area contributed by atoms with Crippen molar-refractivity contribution >= 4 is 11.9 Å². The number of benzene rings is 1. The van der Waals surface area contributed by atoms with Crippen molar-refractivity contribution in [1.29, 1.82) is 0 Å². The van der Waals surface area contributed by atoms with Crippen LogP contribution in [0.3, 0.4) is 0 Å². The predicted molar refractivity (Wildman–Crippen MR) is 103 cm³/mol. The molecule has 0 saturated carbocycles. The number of nitrogens with zero attached hydrogens (tertiary/aromatic N) is 1. The lowest BCUT2D eigenvalue weighted by molar-refractivity contribution is -0.161. The maximum Gasteiger partial charge on any atom is 0.331 e. The van der Waals surface area contributed by atoms with E-state index < -0.39 is 5.54 Å². The molecule has 1 amide bonds. The van der Waals surface area contributed by atoms with E-state index in [9.17, 15) is 9.59 Å². The number of esters is 1. The van der Waals surface area contributed by atoms with Gasteiger partial charge in [0.2, 0.25) is 0 Å². The normalized spacial score (nSPS) is 21.0. The molecular weight excluding hydrogens is 328 g/mol. The molecule has 5 heteroatoms. The summed E-state index contributed by atoms with van der Waals surface area (Å²) in [5.41, 5.74) is -1.01. The molecule has 1 aromatic rings. The molecule has 0 aromatic heterocycles. The van der Waals surface area contributed by atoms with Crippen LogP contribution in [-0.2, 0) is 9.53 Å². The number of carbonyl (C=O) groups excluding carboxylic acids is 2. The van der Waals surface area contributed by atoms with Crippen LogP contribution < -0.4 is 5.32 Å². The van der Waals surface area contributed by atoms with Gasteiger partial charge in [0.1, 0.15) is 5.54 Å². The van der Waals surface area contributed by atoms with Gasteiger partial charge < -0.3 is 10.1 Å². The first kappa shape index (κ1) is 20.4. The van der Waals surface area contributed by atoms with Gasteiger partial charge in [0, 0.05) is 16.6 Å². The summed E-state index contributed by atoms with van der Waals surface area (Å²) in [6.07, 6.45) is 1.02. The number of carbonyl (C=O) groups is 2. The van der Waals surface area contributed by atoms with Crippen molar-refractivity contribution in [3.05, 3.63) is 35.9 Å². The van der Waals surface area contributed by atoms with Crippen molar-refractivity contribution in [3.8, 4) is 0 Å². The third-order valence-electron chi connectivity index (χ3n) is 5.30. The largest absolute Gasteiger partial charge is 0.464 e. The van der Waals surface area contributed by atoms with Gasteiger partial charge in [-0.25, -0.2) is 4.79 Å². The summed E-state index contributed by atoms with van der Waals surface area (Å²) in [6.45, 7) is 13.6. The minimum Gasteiger partial charge on any atom is -0.464 e. The standard InChI is InChI=1S/C21H32N2O3/c1-7-23-19(3,4)14-21(15-20(23,5)6,18(25)26-8-2)22-17(24)16-12-10-9-11-13-16/h9-13H,7-8,14-15H2,1-6H3,(H,22,24). The first-order chi connectivity index (χ1) is 12.1. The van der Waals surface area contributed by atoms with E-state index in [1.165, 1.54) is 0 Å². The van der Waals surface area contributed by atoms with Gasteiger partial charge in [-0.15, -0.1) is 0 Å². The monoisotopic (exact) mass is 360 g/mol. The Morgan fingerprint density at radius 2 is 1.58 bits per heavy atom. The molecule has 1 fully saturated rings. The minimum atomic E-state index is -1.04. The number of hydrogen-bond donors (Lipinski definition) is 1. The van der Waals surface area contributed by atoms with E-state index in [2.05, 4.69) is 44.8 Å². The minimum absolute atomic E-state index is 0.241. The first-order valence-corrected chi connectivity index (χ1v) is 9.40. The summed E-state index contributed by atoms with van der Waals surface area (Å²) in [5, 5.41) is 3.05. The molecule has 0 atom stereocenters. The Bertz CT molecular complexity index is 634.